The molecule has 2 aromatic heterocycles. The normalized spacial score (nSPS) is 10.3. The molecule has 0 unspecified atom stereocenters. The summed E-state index contributed by atoms with van der Waals surface area (Å²) in [6, 6.07) is 7.56. The van der Waals surface area contributed by atoms with E-state index in [1.807, 2.05) is 31.2 Å². The number of aromatic nitrogens is 4. The topological polar surface area (TPSA) is 89.6 Å². The molecule has 6 heteroatoms. The van der Waals surface area contributed by atoms with E-state index in [2.05, 4.69) is 25.3 Å². The van der Waals surface area contributed by atoms with Gasteiger partial charge in [-0.15, -0.1) is 0 Å². The van der Waals surface area contributed by atoms with Crippen LogP contribution in [0.4, 0.5) is 17.2 Å². The van der Waals surface area contributed by atoms with Gasteiger partial charge in [0.2, 0.25) is 0 Å². The lowest BCUT2D eigenvalue weighted by molar-refractivity contribution is 1.13. The average molecular weight is 278 g/mol. The number of aryl methyl sites for hydroxylation is 1. The Morgan fingerprint density at radius 2 is 1.81 bits per heavy atom. The molecule has 0 radical (unpaired) electrons. The SMILES string of the molecule is Cc1ccc(N)cc1Nc1cc(-c2cncnc2)ncn1. The van der Waals surface area contributed by atoms with Crippen molar-refractivity contribution in [2.75, 3.05) is 11.1 Å². The second kappa shape index (κ2) is 5.54. The first-order chi connectivity index (χ1) is 10.2. The van der Waals surface area contributed by atoms with Crippen LogP contribution in [0.15, 0.2) is 49.3 Å². The zero-order valence-electron chi connectivity index (χ0n) is 11.5. The van der Waals surface area contributed by atoms with Crippen molar-refractivity contribution in [1.82, 2.24) is 19.9 Å². The van der Waals surface area contributed by atoms with E-state index in [4.69, 9.17) is 5.73 Å². The number of nitrogens with one attached hydrogen (secondary N) is 1. The summed E-state index contributed by atoms with van der Waals surface area (Å²) in [4.78, 5) is 16.4. The smallest absolute Gasteiger partial charge is 0.134 e. The Balaban J connectivity index is 1.92. The largest absolute Gasteiger partial charge is 0.399 e. The summed E-state index contributed by atoms with van der Waals surface area (Å²) < 4.78 is 0. The van der Waals surface area contributed by atoms with Crippen molar-refractivity contribution in [2.45, 2.75) is 6.92 Å². The fourth-order valence-electron chi connectivity index (χ4n) is 1.93. The number of nitrogens with two attached hydrogens (primary N) is 1. The fourth-order valence-corrected chi connectivity index (χ4v) is 1.93. The van der Waals surface area contributed by atoms with Gasteiger partial charge < -0.3 is 11.1 Å². The molecular formula is C15H14N6. The van der Waals surface area contributed by atoms with Crippen LogP contribution >= 0.6 is 0 Å². The average Bonchev–Trinajstić information content (AvgIpc) is 2.52. The zero-order valence-corrected chi connectivity index (χ0v) is 11.5. The van der Waals surface area contributed by atoms with Gasteiger partial charge in [0, 0.05) is 35.4 Å². The maximum Gasteiger partial charge on any atom is 0.134 e. The van der Waals surface area contributed by atoms with Crippen molar-refractivity contribution < 1.29 is 0 Å². The Kier molecular flexibility index (Phi) is 3.42. The van der Waals surface area contributed by atoms with Crippen LogP contribution in [0.2, 0.25) is 0 Å². The van der Waals surface area contributed by atoms with Crippen molar-refractivity contribution in [2.24, 2.45) is 0 Å². The van der Waals surface area contributed by atoms with Gasteiger partial charge >= 0.3 is 0 Å². The van der Waals surface area contributed by atoms with Crippen LogP contribution in [-0.4, -0.2) is 19.9 Å². The molecule has 0 atom stereocenters. The predicted octanol–water partition coefficient (Wildman–Crippen LogP) is 2.57. The van der Waals surface area contributed by atoms with E-state index in [0.29, 0.717) is 11.5 Å². The maximum absolute atomic E-state index is 5.81. The van der Waals surface area contributed by atoms with Gasteiger partial charge in [-0.1, -0.05) is 6.07 Å². The molecule has 0 aliphatic carbocycles. The van der Waals surface area contributed by atoms with Crippen LogP contribution in [0.3, 0.4) is 0 Å². The molecular weight excluding hydrogens is 264 g/mol. The second-order valence-corrected chi connectivity index (χ2v) is 4.61. The highest BCUT2D eigenvalue weighted by atomic mass is 15.0. The van der Waals surface area contributed by atoms with Gasteiger partial charge in [-0.25, -0.2) is 19.9 Å². The van der Waals surface area contributed by atoms with E-state index < -0.39 is 0 Å². The van der Waals surface area contributed by atoms with Gasteiger partial charge in [0.05, 0.1) is 5.69 Å². The first-order valence-corrected chi connectivity index (χ1v) is 6.43. The van der Waals surface area contributed by atoms with E-state index in [1.165, 1.54) is 12.7 Å². The van der Waals surface area contributed by atoms with Crippen LogP contribution in [0.5, 0.6) is 0 Å². The van der Waals surface area contributed by atoms with Crippen LogP contribution in [0.25, 0.3) is 11.3 Å². The van der Waals surface area contributed by atoms with Crippen LogP contribution in [-0.2, 0) is 0 Å². The number of nitrogen functional groups attached to an aromatic ring is 1. The lowest BCUT2D eigenvalue weighted by Gasteiger charge is -2.10. The van der Waals surface area contributed by atoms with E-state index >= 15 is 0 Å². The summed E-state index contributed by atoms with van der Waals surface area (Å²) in [6.45, 7) is 2.01. The minimum Gasteiger partial charge on any atom is -0.399 e. The van der Waals surface area contributed by atoms with Crippen molar-refractivity contribution in [3.63, 3.8) is 0 Å². The van der Waals surface area contributed by atoms with Crippen molar-refractivity contribution in [3.8, 4) is 11.3 Å². The summed E-state index contributed by atoms with van der Waals surface area (Å²) in [5.74, 6) is 0.692. The van der Waals surface area contributed by atoms with Crippen LogP contribution in [0, 0.1) is 6.92 Å². The Morgan fingerprint density at radius 3 is 2.62 bits per heavy atom. The lowest BCUT2D eigenvalue weighted by Crippen LogP contribution is -1.98. The standard InChI is InChI=1S/C15H14N6/c1-10-2-3-12(16)4-13(10)21-15-5-14(19-9-20-15)11-6-17-8-18-7-11/h2-9H,16H2,1H3,(H,19,20,21). The first-order valence-electron chi connectivity index (χ1n) is 6.43. The Bertz CT molecular complexity index is 757. The molecule has 0 fully saturated rings. The summed E-state index contributed by atoms with van der Waals surface area (Å²) >= 11 is 0. The van der Waals surface area contributed by atoms with Gasteiger partial charge in [-0.3, -0.25) is 0 Å². The molecule has 0 saturated carbocycles. The van der Waals surface area contributed by atoms with Crippen molar-refractivity contribution in [1.29, 1.82) is 0 Å². The third-order valence-corrected chi connectivity index (χ3v) is 3.05. The van der Waals surface area contributed by atoms with Crippen molar-refractivity contribution >= 4 is 17.2 Å². The van der Waals surface area contributed by atoms with Gasteiger partial charge in [0.1, 0.15) is 18.5 Å². The van der Waals surface area contributed by atoms with Gasteiger partial charge in [0.25, 0.3) is 0 Å². The highest BCUT2D eigenvalue weighted by Gasteiger charge is 2.04. The number of anilines is 3. The quantitative estimate of drug-likeness (QED) is 0.716. The van der Waals surface area contributed by atoms with Gasteiger partial charge in [0.15, 0.2) is 0 Å². The predicted molar refractivity (Wildman–Crippen MR) is 81.9 cm³/mol. The lowest BCUT2D eigenvalue weighted by atomic mass is 10.2. The molecule has 0 spiro atoms. The Labute approximate surface area is 122 Å². The summed E-state index contributed by atoms with van der Waals surface area (Å²) in [7, 11) is 0. The van der Waals surface area contributed by atoms with Crippen LogP contribution in [0.1, 0.15) is 5.56 Å². The molecule has 0 aliphatic rings. The number of nitrogens with zero attached hydrogens (tertiary/aromatic N) is 4. The number of rotatable bonds is 3. The number of hydrogen-bond donors (Lipinski definition) is 2. The van der Waals surface area contributed by atoms with E-state index in [9.17, 15) is 0 Å². The zero-order chi connectivity index (χ0) is 14.7. The second-order valence-electron chi connectivity index (χ2n) is 4.61. The van der Waals surface area contributed by atoms with E-state index in [-0.39, 0.29) is 0 Å². The first kappa shape index (κ1) is 13.0. The fraction of sp³-hybridized carbons (Fsp3) is 0.0667. The molecule has 104 valence electrons. The third-order valence-electron chi connectivity index (χ3n) is 3.05. The molecule has 3 rings (SSSR count). The Hall–Kier alpha value is -3.02. The molecule has 0 saturated heterocycles. The summed E-state index contributed by atoms with van der Waals surface area (Å²) in [5.41, 5.74) is 10.1. The minimum atomic E-state index is 0.692. The molecule has 3 aromatic rings. The van der Waals surface area contributed by atoms with Gasteiger partial charge in [-0.2, -0.15) is 0 Å². The highest BCUT2D eigenvalue weighted by molar-refractivity contribution is 5.68. The molecule has 21 heavy (non-hydrogen) atoms. The molecule has 2 heterocycles. The summed E-state index contributed by atoms with van der Waals surface area (Å²) in [6.07, 6.45) is 6.42. The number of hydrogen-bond acceptors (Lipinski definition) is 6. The van der Waals surface area contributed by atoms with Crippen LogP contribution < -0.4 is 11.1 Å². The van der Waals surface area contributed by atoms with E-state index in [0.717, 1.165) is 22.5 Å². The maximum atomic E-state index is 5.81. The summed E-state index contributed by atoms with van der Waals surface area (Å²) in [5, 5.41) is 3.25. The minimum absolute atomic E-state index is 0.692. The van der Waals surface area contributed by atoms with Crippen molar-refractivity contribution in [3.05, 3.63) is 54.9 Å². The monoisotopic (exact) mass is 278 g/mol. The molecule has 3 N–H and O–H groups in total. The molecule has 1 aromatic carbocycles. The van der Waals surface area contributed by atoms with Gasteiger partial charge in [-0.05, 0) is 24.6 Å². The highest BCUT2D eigenvalue weighted by Crippen LogP contribution is 2.23. The Morgan fingerprint density at radius 1 is 1.00 bits per heavy atom. The molecule has 0 aliphatic heterocycles. The van der Waals surface area contributed by atoms with E-state index in [1.54, 1.807) is 12.4 Å². The third kappa shape index (κ3) is 2.94. The molecule has 0 bridgehead atoms. The molecule has 6 nitrogen and oxygen atoms in total. The number of benzene rings is 1. The molecule has 0 amide bonds.